The van der Waals surface area contributed by atoms with Gasteiger partial charge in [0.2, 0.25) is 28.7 Å². The normalized spacial score (nSPS) is 32.9. The zero-order valence-corrected chi connectivity index (χ0v) is 32.3. The van der Waals surface area contributed by atoms with Gasteiger partial charge in [-0.3, -0.25) is 19.4 Å². The summed E-state index contributed by atoms with van der Waals surface area (Å²) in [7, 11) is 3.15. The van der Waals surface area contributed by atoms with Crippen molar-refractivity contribution in [1.82, 2.24) is 15.0 Å². The number of carbonyl (C=O) groups is 2. The highest BCUT2D eigenvalue weighted by Gasteiger charge is 2.76. The molecule has 58 heavy (non-hydrogen) atoms. The lowest BCUT2D eigenvalue weighted by Crippen LogP contribution is -2.57. The summed E-state index contributed by atoms with van der Waals surface area (Å²) in [5, 5.41) is 4.34. The maximum Gasteiger partial charge on any atom is 0.433 e. The molecule has 2 aliphatic carbocycles. The van der Waals surface area contributed by atoms with Gasteiger partial charge in [-0.1, -0.05) is 60.7 Å². The van der Waals surface area contributed by atoms with Crippen LogP contribution in [0.4, 0.5) is 0 Å². The van der Waals surface area contributed by atoms with E-state index in [1.54, 1.807) is 19.0 Å². The molecule has 12 rings (SSSR count). The molecule has 2 aromatic heterocycles. The van der Waals surface area contributed by atoms with Crippen LogP contribution in [0.1, 0.15) is 81.1 Å². The van der Waals surface area contributed by atoms with Crippen LogP contribution < -0.4 is 14.2 Å². The molecule has 4 fully saturated rings. The maximum absolute atomic E-state index is 15.3. The van der Waals surface area contributed by atoms with Gasteiger partial charge in [0.15, 0.2) is 23.0 Å². The summed E-state index contributed by atoms with van der Waals surface area (Å²) in [4.78, 5) is 35.2. The number of fused-ring (bicyclic) bond motifs is 4. The maximum atomic E-state index is 15.3. The molecule has 0 radical (unpaired) electrons. The van der Waals surface area contributed by atoms with Crippen LogP contribution in [0.15, 0.2) is 87.3 Å². The third-order valence-corrected chi connectivity index (χ3v) is 13.8. The SMILES string of the molecule is COC1=CC2CC3C(N4CCC4)c4o[n+](C5=C(OC)C67OC5CC6C(N5CCC5)c5onc(OCc6ccccc6)c5C7=O)c(OCc5ccccc5)c4C(=O)C13O2. The number of aromatic nitrogens is 2. The number of likely N-dealkylation sites (tertiary alicyclic amines) is 2. The zero-order valence-electron chi connectivity index (χ0n) is 32.3. The molecule has 14 heteroatoms. The fraction of sp³-hybridized carbons (Fsp3) is 0.455. The lowest BCUT2D eigenvalue weighted by Gasteiger charge is -2.46. The van der Waals surface area contributed by atoms with Gasteiger partial charge in [0.25, 0.3) is 5.88 Å². The second-order valence-corrected chi connectivity index (χ2v) is 16.6. The number of benzene rings is 2. The van der Waals surface area contributed by atoms with Gasteiger partial charge in [-0.15, -0.1) is 0 Å². The first-order valence-electron chi connectivity index (χ1n) is 20.4. The minimum atomic E-state index is -1.54. The van der Waals surface area contributed by atoms with Crippen LogP contribution in [0, 0.1) is 11.8 Å². The number of rotatable bonds is 11. The van der Waals surface area contributed by atoms with Gasteiger partial charge in [-0.2, -0.15) is 0 Å². The van der Waals surface area contributed by atoms with E-state index in [1.165, 1.54) is 0 Å². The Hall–Kier alpha value is -5.28. The number of carbonyl (C=O) groups excluding carboxylic acids is 2. The Balaban J connectivity index is 1.03. The molecule has 8 aliphatic rings. The number of nitrogens with zero attached hydrogens (tertiary/aromatic N) is 4. The minimum absolute atomic E-state index is 0.122. The standard InChI is InChI=1S/C44H43N4O10/c1-51-30-20-26-19-27-34(47-17-10-18-47)37-32(39(50)43(27,30)55-26)42(54-23-25-13-7-4-8-14-25)48(58-37)35-29-21-28-33(46-15-9-16-46)36-31(38(49)44(28,56-29)40(35)52-2)41(45-57-36)53-22-24-11-5-3-6-12-24/h3-8,11-14,20,26-29,33-34H,9-10,15-19,21-23H2,1-2H3/q+1. The lowest BCUT2D eigenvalue weighted by atomic mass is 9.66. The fourth-order valence-corrected chi connectivity index (χ4v) is 11.1. The summed E-state index contributed by atoms with van der Waals surface area (Å²) < 4.78 is 53.5. The van der Waals surface area contributed by atoms with Crippen molar-refractivity contribution in [2.75, 3.05) is 40.4 Å². The molecule has 0 N–H and O–H groups in total. The van der Waals surface area contributed by atoms with Crippen LogP contribution in [0.5, 0.6) is 11.8 Å². The molecule has 0 amide bonds. The Morgan fingerprint density at radius 2 is 1.40 bits per heavy atom. The van der Waals surface area contributed by atoms with E-state index in [0.717, 1.165) is 50.1 Å². The molecule has 8 unspecified atom stereocenters. The van der Waals surface area contributed by atoms with Gasteiger partial charge in [-0.25, -0.2) is 4.52 Å². The van der Waals surface area contributed by atoms with Crippen molar-refractivity contribution in [3.8, 4) is 11.8 Å². The van der Waals surface area contributed by atoms with Gasteiger partial charge >= 0.3 is 11.6 Å². The fourth-order valence-electron chi connectivity index (χ4n) is 11.1. The largest absolute Gasteiger partial charge is 0.498 e. The number of ketones is 2. The highest BCUT2D eigenvalue weighted by molar-refractivity contribution is 6.11. The molecule has 4 saturated heterocycles. The van der Waals surface area contributed by atoms with Crippen molar-refractivity contribution in [1.29, 1.82) is 0 Å². The van der Waals surface area contributed by atoms with Crippen molar-refractivity contribution >= 4 is 17.3 Å². The molecule has 8 heterocycles. The van der Waals surface area contributed by atoms with Gasteiger partial charge in [0.1, 0.15) is 24.5 Å². The second-order valence-electron chi connectivity index (χ2n) is 16.6. The van der Waals surface area contributed by atoms with Gasteiger partial charge < -0.3 is 32.9 Å². The Morgan fingerprint density at radius 1 is 0.759 bits per heavy atom. The first-order valence-corrected chi connectivity index (χ1v) is 20.4. The summed E-state index contributed by atoms with van der Waals surface area (Å²) in [6.45, 7) is 3.75. The number of hydrogen-bond acceptors (Lipinski definition) is 13. The van der Waals surface area contributed by atoms with Gasteiger partial charge in [0.05, 0.1) is 37.1 Å². The Labute approximate surface area is 333 Å². The third-order valence-electron chi connectivity index (χ3n) is 13.8. The molecule has 6 aliphatic heterocycles. The lowest BCUT2D eigenvalue weighted by molar-refractivity contribution is -0.780. The molecule has 4 bridgehead atoms. The number of ether oxygens (including phenoxy) is 6. The van der Waals surface area contributed by atoms with Gasteiger partial charge in [-0.05, 0) is 48.0 Å². The van der Waals surface area contributed by atoms with Crippen molar-refractivity contribution in [3.63, 3.8) is 0 Å². The molecule has 4 aromatic rings. The van der Waals surface area contributed by atoms with E-state index >= 15 is 9.59 Å². The van der Waals surface area contributed by atoms with Crippen molar-refractivity contribution < 1.29 is 51.8 Å². The first kappa shape index (κ1) is 34.7. The van der Waals surface area contributed by atoms with E-state index in [1.807, 2.05) is 66.7 Å². The van der Waals surface area contributed by atoms with E-state index < -0.39 is 17.3 Å². The highest BCUT2D eigenvalue weighted by atomic mass is 16.6. The van der Waals surface area contributed by atoms with Gasteiger partial charge in [0, 0.05) is 38.0 Å². The Morgan fingerprint density at radius 3 is 2.03 bits per heavy atom. The molecule has 298 valence electrons. The predicted molar refractivity (Wildman–Crippen MR) is 200 cm³/mol. The van der Waals surface area contributed by atoms with E-state index in [-0.39, 0.29) is 72.1 Å². The summed E-state index contributed by atoms with van der Waals surface area (Å²) in [5.74, 6) is 1.01. The number of methoxy groups -OCH3 is 2. The Bertz CT molecular complexity index is 2420. The van der Waals surface area contributed by atoms with E-state index in [2.05, 4.69) is 15.0 Å². The summed E-state index contributed by atoms with van der Waals surface area (Å²) in [6, 6.07) is 18.9. The average Bonchev–Trinajstić information content (AvgIpc) is 4.07. The highest BCUT2D eigenvalue weighted by Crippen LogP contribution is 2.64. The van der Waals surface area contributed by atoms with Crippen molar-refractivity contribution in [3.05, 3.63) is 112 Å². The summed E-state index contributed by atoms with van der Waals surface area (Å²) in [5.41, 5.74) is 0.0423. The van der Waals surface area contributed by atoms with Crippen LogP contribution >= 0.6 is 0 Å². The monoisotopic (exact) mass is 787 g/mol. The van der Waals surface area contributed by atoms with Crippen molar-refractivity contribution in [2.45, 2.75) is 74.4 Å². The van der Waals surface area contributed by atoms with Crippen LogP contribution in [0.25, 0.3) is 5.70 Å². The molecule has 8 atom stereocenters. The van der Waals surface area contributed by atoms with E-state index in [9.17, 15) is 0 Å². The van der Waals surface area contributed by atoms with E-state index in [4.69, 9.17) is 37.5 Å². The second kappa shape index (κ2) is 12.6. The zero-order chi connectivity index (χ0) is 38.9. The molecular weight excluding hydrogens is 745 g/mol. The molecule has 14 nitrogen and oxygen atoms in total. The van der Waals surface area contributed by atoms with E-state index in [0.29, 0.717) is 47.1 Å². The molecule has 0 saturated carbocycles. The minimum Gasteiger partial charge on any atom is -0.498 e. The van der Waals surface area contributed by atoms with Crippen LogP contribution in [0.3, 0.4) is 0 Å². The summed E-state index contributed by atoms with van der Waals surface area (Å²) in [6.07, 6.45) is 4.23. The predicted octanol–water partition coefficient (Wildman–Crippen LogP) is 4.96. The third kappa shape index (κ3) is 4.46. The smallest absolute Gasteiger partial charge is 0.433 e. The molecular formula is C44H43N4O10+. The Kier molecular flexibility index (Phi) is 7.55. The van der Waals surface area contributed by atoms with Crippen molar-refractivity contribution in [2.24, 2.45) is 11.8 Å². The quantitative estimate of drug-likeness (QED) is 0.190. The molecule has 2 aromatic carbocycles. The summed E-state index contributed by atoms with van der Waals surface area (Å²) >= 11 is 0. The average molecular weight is 788 g/mol. The van der Waals surface area contributed by atoms with Crippen LogP contribution in [0.2, 0.25) is 0 Å². The topological polar surface area (TPSA) is 139 Å². The first-order chi connectivity index (χ1) is 28.5. The number of Topliss-reactive ketones (excluding diaryl/α,β-unsaturated/α-hetero) is 2. The molecule has 2 spiro atoms. The number of hydrogen-bond donors (Lipinski definition) is 0. The van der Waals surface area contributed by atoms with Crippen LogP contribution in [-0.4, -0.2) is 90.3 Å². The van der Waals surface area contributed by atoms with Crippen LogP contribution in [-0.2, 0) is 32.2 Å².